The molecule has 0 bridgehead atoms. The minimum atomic E-state index is -4.55. The molecule has 7 heteroatoms. The van der Waals surface area contributed by atoms with Crippen molar-refractivity contribution in [1.82, 2.24) is 9.97 Å². The Labute approximate surface area is 139 Å². The molecule has 24 heavy (non-hydrogen) atoms. The lowest BCUT2D eigenvalue weighted by atomic mass is 10.2. The fraction of sp³-hybridized carbons (Fsp3) is 0.412. The molecule has 0 amide bonds. The minimum absolute atomic E-state index is 0.151. The van der Waals surface area contributed by atoms with E-state index in [1.54, 1.807) is 11.9 Å². The Bertz CT molecular complexity index is 672. The predicted octanol–water partition coefficient (Wildman–Crippen LogP) is 4.75. The first-order chi connectivity index (χ1) is 11.3. The first-order valence-corrected chi connectivity index (χ1v) is 7.70. The Kier molecular flexibility index (Phi) is 5.64. The Morgan fingerprint density at radius 2 is 1.83 bits per heavy atom. The summed E-state index contributed by atoms with van der Waals surface area (Å²) in [7, 11) is 1.70. The lowest BCUT2D eigenvalue weighted by Gasteiger charge is -2.19. The van der Waals surface area contributed by atoms with Gasteiger partial charge in [0.05, 0.1) is 6.61 Å². The van der Waals surface area contributed by atoms with Crippen molar-refractivity contribution in [2.75, 3.05) is 18.6 Å². The highest BCUT2D eigenvalue weighted by atomic mass is 19.4. The maximum absolute atomic E-state index is 13.1. The van der Waals surface area contributed by atoms with E-state index >= 15 is 0 Å². The molecule has 0 aliphatic rings. The monoisotopic (exact) mass is 339 g/mol. The van der Waals surface area contributed by atoms with Gasteiger partial charge in [-0.1, -0.05) is 31.0 Å². The third-order valence-corrected chi connectivity index (χ3v) is 3.50. The summed E-state index contributed by atoms with van der Waals surface area (Å²) in [5, 5.41) is 0. The van der Waals surface area contributed by atoms with Gasteiger partial charge in [-0.2, -0.15) is 18.2 Å². The summed E-state index contributed by atoms with van der Waals surface area (Å²) in [5.74, 6) is -0.279. The average molecular weight is 339 g/mol. The number of anilines is 2. The molecule has 0 saturated heterocycles. The summed E-state index contributed by atoms with van der Waals surface area (Å²) in [4.78, 5) is 9.45. The number of aromatic nitrogens is 2. The van der Waals surface area contributed by atoms with Crippen LogP contribution >= 0.6 is 0 Å². The Morgan fingerprint density at radius 1 is 1.17 bits per heavy atom. The smallest absolute Gasteiger partial charge is 0.423 e. The summed E-state index contributed by atoms with van der Waals surface area (Å²) in [6.07, 6.45) is -2.30. The quantitative estimate of drug-likeness (QED) is 0.712. The van der Waals surface area contributed by atoms with Crippen molar-refractivity contribution in [3.8, 4) is 5.88 Å². The second-order valence-electron chi connectivity index (χ2n) is 5.48. The van der Waals surface area contributed by atoms with Gasteiger partial charge in [0.25, 0.3) is 0 Å². The van der Waals surface area contributed by atoms with E-state index in [4.69, 9.17) is 4.74 Å². The summed E-state index contributed by atoms with van der Waals surface area (Å²) in [6.45, 7) is 4.08. The van der Waals surface area contributed by atoms with Crippen molar-refractivity contribution < 1.29 is 17.9 Å². The van der Waals surface area contributed by atoms with E-state index in [-0.39, 0.29) is 12.6 Å². The van der Waals surface area contributed by atoms with Crippen LogP contribution in [0.25, 0.3) is 0 Å². The first-order valence-electron chi connectivity index (χ1n) is 7.70. The van der Waals surface area contributed by atoms with Crippen LogP contribution in [-0.2, 0) is 6.18 Å². The molecule has 130 valence electrons. The fourth-order valence-corrected chi connectivity index (χ4v) is 2.02. The molecule has 2 aromatic rings. The van der Waals surface area contributed by atoms with Crippen LogP contribution in [0.4, 0.5) is 24.8 Å². The van der Waals surface area contributed by atoms with Gasteiger partial charge in [-0.3, -0.25) is 0 Å². The van der Waals surface area contributed by atoms with Gasteiger partial charge in [-0.25, -0.2) is 4.98 Å². The largest absolute Gasteiger partial charge is 0.477 e. The van der Waals surface area contributed by atoms with Crippen LogP contribution in [0.15, 0.2) is 30.5 Å². The number of hydrogen-bond donors (Lipinski definition) is 0. The van der Waals surface area contributed by atoms with Crippen molar-refractivity contribution in [3.63, 3.8) is 0 Å². The molecule has 1 aromatic carbocycles. The maximum atomic E-state index is 13.1. The average Bonchev–Trinajstić information content (AvgIpc) is 2.54. The summed E-state index contributed by atoms with van der Waals surface area (Å²) >= 11 is 0. The molecule has 0 unspecified atom stereocenters. The topological polar surface area (TPSA) is 38.2 Å². The normalized spacial score (nSPS) is 11.4. The molecule has 2 rings (SSSR count). The highest BCUT2D eigenvalue weighted by molar-refractivity contribution is 5.57. The second-order valence-corrected chi connectivity index (χ2v) is 5.48. The number of hydrogen-bond acceptors (Lipinski definition) is 4. The Balaban J connectivity index is 2.33. The van der Waals surface area contributed by atoms with Crippen LogP contribution in [0.3, 0.4) is 0 Å². The number of halogens is 3. The number of alkyl halides is 3. The lowest BCUT2D eigenvalue weighted by molar-refractivity contribution is -0.139. The van der Waals surface area contributed by atoms with Gasteiger partial charge in [0.2, 0.25) is 11.8 Å². The Hall–Kier alpha value is -2.31. The number of ether oxygens (including phenoxy) is 1. The van der Waals surface area contributed by atoms with Crippen molar-refractivity contribution in [3.05, 3.63) is 41.6 Å². The van der Waals surface area contributed by atoms with Crippen LogP contribution in [0.2, 0.25) is 0 Å². The summed E-state index contributed by atoms with van der Waals surface area (Å²) < 4.78 is 44.5. The minimum Gasteiger partial charge on any atom is -0.477 e. The molecule has 0 saturated carbocycles. The zero-order valence-corrected chi connectivity index (χ0v) is 13.9. The van der Waals surface area contributed by atoms with Crippen LogP contribution in [0.5, 0.6) is 5.88 Å². The molecule has 1 aromatic heterocycles. The molecule has 0 fully saturated rings. The number of unbranched alkanes of at least 4 members (excludes halogenated alkanes) is 1. The van der Waals surface area contributed by atoms with Crippen molar-refractivity contribution >= 4 is 11.6 Å². The van der Waals surface area contributed by atoms with E-state index in [0.717, 1.165) is 23.9 Å². The maximum Gasteiger partial charge on any atom is 0.423 e. The SMILES string of the molecule is CCCCOc1nc(N(C)c2ccc(C)cc2)ncc1C(F)(F)F. The van der Waals surface area contributed by atoms with Gasteiger partial charge >= 0.3 is 6.18 Å². The van der Waals surface area contributed by atoms with Crippen molar-refractivity contribution in [1.29, 1.82) is 0 Å². The third kappa shape index (κ3) is 4.37. The van der Waals surface area contributed by atoms with E-state index in [1.165, 1.54) is 0 Å². The molecular formula is C17H20F3N3O. The molecule has 0 spiro atoms. The van der Waals surface area contributed by atoms with E-state index in [1.807, 2.05) is 38.1 Å². The highest BCUT2D eigenvalue weighted by Crippen LogP contribution is 2.36. The van der Waals surface area contributed by atoms with Gasteiger partial charge in [0, 0.05) is 18.9 Å². The summed E-state index contributed by atoms with van der Waals surface area (Å²) in [5.41, 5.74) is 0.906. The van der Waals surface area contributed by atoms with Crippen molar-refractivity contribution in [2.45, 2.75) is 32.9 Å². The van der Waals surface area contributed by atoms with Crippen LogP contribution in [0, 0.1) is 6.92 Å². The number of rotatable bonds is 6. The third-order valence-electron chi connectivity index (χ3n) is 3.50. The second kappa shape index (κ2) is 7.51. The molecule has 0 atom stereocenters. The zero-order valence-electron chi connectivity index (χ0n) is 13.9. The number of nitrogens with zero attached hydrogens (tertiary/aromatic N) is 3. The number of aryl methyl sites for hydroxylation is 1. The molecule has 0 N–H and O–H groups in total. The zero-order chi connectivity index (χ0) is 17.7. The van der Waals surface area contributed by atoms with Gasteiger partial charge in [0.1, 0.15) is 5.56 Å². The highest BCUT2D eigenvalue weighted by Gasteiger charge is 2.36. The summed E-state index contributed by atoms with van der Waals surface area (Å²) in [6, 6.07) is 7.53. The standard InChI is InChI=1S/C17H20F3N3O/c1-4-5-10-24-15-14(17(18,19)20)11-21-16(22-15)23(3)13-8-6-12(2)7-9-13/h6-9,11H,4-5,10H2,1-3H3. The van der Waals surface area contributed by atoms with Crippen LogP contribution in [-0.4, -0.2) is 23.6 Å². The van der Waals surface area contributed by atoms with E-state index in [2.05, 4.69) is 9.97 Å². The molecular weight excluding hydrogens is 319 g/mol. The molecule has 4 nitrogen and oxygen atoms in total. The molecule has 1 heterocycles. The molecule has 0 aliphatic heterocycles. The van der Waals surface area contributed by atoms with E-state index in [0.29, 0.717) is 6.42 Å². The Morgan fingerprint density at radius 3 is 2.42 bits per heavy atom. The molecule has 0 aliphatic carbocycles. The van der Waals surface area contributed by atoms with Crippen molar-refractivity contribution in [2.24, 2.45) is 0 Å². The lowest BCUT2D eigenvalue weighted by Crippen LogP contribution is -2.17. The fourth-order valence-electron chi connectivity index (χ4n) is 2.02. The van der Waals surface area contributed by atoms with Crippen LogP contribution in [0.1, 0.15) is 30.9 Å². The van der Waals surface area contributed by atoms with E-state index < -0.39 is 17.6 Å². The number of benzene rings is 1. The first kappa shape index (κ1) is 18.0. The molecule has 0 radical (unpaired) electrons. The van der Waals surface area contributed by atoms with Gasteiger partial charge < -0.3 is 9.64 Å². The van der Waals surface area contributed by atoms with Crippen LogP contribution < -0.4 is 9.64 Å². The predicted molar refractivity (Wildman–Crippen MR) is 86.7 cm³/mol. The van der Waals surface area contributed by atoms with E-state index in [9.17, 15) is 13.2 Å². The van der Waals surface area contributed by atoms with Gasteiger partial charge in [-0.15, -0.1) is 0 Å². The van der Waals surface area contributed by atoms with Gasteiger partial charge in [0.15, 0.2) is 0 Å². The van der Waals surface area contributed by atoms with Gasteiger partial charge in [-0.05, 0) is 25.5 Å².